The van der Waals surface area contributed by atoms with Gasteiger partial charge in [0.05, 0.1) is 19.3 Å². The Bertz CT molecular complexity index is 115. The molecule has 72 valence electrons. The van der Waals surface area contributed by atoms with Crippen molar-refractivity contribution in [2.75, 3.05) is 24.7 Å². The lowest BCUT2D eigenvalue weighted by atomic mass is 10.5. The van der Waals surface area contributed by atoms with E-state index >= 15 is 0 Å². The summed E-state index contributed by atoms with van der Waals surface area (Å²) < 4.78 is 16.2. The summed E-state index contributed by atoms with van der Waals surface area (Å²) in [6, 6.07) is 0. The van der Waals surface area contributed by atoms with E-state index in [0.717, 1.165) is 11.5 Å². The van der Waals surface area contributed by atoms with Crippen LogP contribution >= 0.6 is 20.4 Å². The minimum Gasteiger partial charge on any atom is -0.313 e. The molecule has 0 spiro atoms. The van der Waals surface area contributed by atoms with Crippen molar-refractivity contribution in [2.24, 2.45) is 0 Å². The Balaban J connectivity index is 2.11. The molecule has 0 saturated carbocycles. The topological polar surface area (TPSA) is 27.7 Å². The molecule has 0 aliphatic carbocycles. The van der Waals surface area contributed by atoms with E-state index in [1.165, 1.54) is 0 Å². The van der Waals surface area contributed by atoms with Crippen molar-refractivity contribution in [3.63, 3.8) is 0 Å². The normalized spacial score (nSPS) is 18.2. The molecule has 1 saturated heterocycles. The van der Waals surface area contributed by atoms with Gasteiger partial charge in [-0.25, -0.2) is 0 Å². The van der Waals surface area contributed by atoms with Crippen molar-refractivity contribution in [1.29, 1.82) is 0 Å². The van der Waals surface area contributed by atoms with Crippen LogP contribution in [0.15, 0.2) is 0 Å². The van der Waals surface area contributed by atoms with Crippen LogP contribution < -0.4 is 0 Å². The van der Waals surface area contributed by atoms with Gasteiger partial charge in [0.25, 0.3) is 0 Å². The zero-order chi connectivity index (χ0) is 8.81. The van der Waals surface area contributed by atoms with Crippen molar-refractivity contribution in [1.82, 2.24) is 0 Å². The van der Waals surface area contributed by atoms with Crippen LogP contribution in [0.2, 0.25) is 0 Å². The highest BCUT2D eigenvalue weighted by Crippen LogP contribution is 2.43. The summed E-state index contributed by atoms with van der Waals surface area (Å²) >= 11 is 1.90. The zero-order valence-electron chi connectivity index (χ0n) is 7.49. The fourth-order valence-electron chi connectivity index (χ4n) is 0.706. The maximum absolute atomic E-state index is 5.57. The van der Waals surface area contributed by atoms with Gasteiger partial charge in [0.2, 0.25) is 0 Å². The van der Waals surface area contributed by atoms with Crippen molar-refractivity contribution in [3.8, 4) is 0 Å². The van der Waals surface area contributed by atoms with E-state index in [-0.39, 0.29) is 0 Å². The number of hydrogen-bond acceptors (Lipinski definition) is 4. The Morgan fingerprint density at radius 3 is 2.17 bits per heavy atom. The summed E-state index contributed by atoms with van der Waals surface area (Å²) in [6.45, 7) is 5.22. The summed E-state index contributed by atoms with van der Waals surface area (Å²) in [5, 5.41) is 0. The lowest BCUT2D eigenvalue weighted by Gasteiger charge is -2.27. The van der Waals surface area contributed by atoms with Gasteiger partial charge < -0.3 is 13.6 Å². The molecule has 1 aliphatic heterocycles. The lowest BCUT2D eigenvalue weighted by Crippen LogP contribution is -2.26. The molecule has 12 heavy (non-hydrogen) atoms. The second-order valence-electron chi connectivity index (χ2n) is 2.32. The second kappa shape index (κ2) is 6.17. The molecule has 0 bridgehead atoms. The van der Waals surface area contributed by atoms with Gasteiger partial charge in [-0.3, -0.25) is 0 Å². The van der Waals surface area contributed by atoms with Gasteiger partial charge in [-0.1, -0.05) is 0 Å². The Hall–Kier alpha value is 0.660. The predicted molar refractivity (Wildman–Crippen MR) is 52.4 cm³/mol. The Morgan fingerprint density at radius 2 is 1.83 bits per heavy atom. The van der Waals surface area contributed by atoms with Crippen molar-refractivity contribution in [3.05, 3.63) is 0 Å². The van der Waals surface area contributed by atoms with E-state index in [2.05, 4.69) is 0 Å². The van der Waals surface area contributed by atoms with Gasteiger partial charge in [-0.2, -0.15) is 11.8 Å². The highest BCUT2D eigenvalue weighted by molar-refractivity contribution is 8.00. The van der Waals surface area contributed by atoms with Gasteiger partial charge in [-0.05, 0) is 13.8 Å². The van der Waals surface area contributed by atoms with Crippen LogP contribution in [0.5, 0.6) is 0 Å². The van der Waals surface area contributed by atoms with Crippen LogP contribution in [0.25, 0.3) is 0 Å². The fourth-order valence-corrected chi connectivity index (χ4v) is 2.48. The van der Waals surface area contributed by atoms with Gasteiger partial charge >= 0.3 is 8.60 Å². The molecule has 1 fully saturated rings. The van der Waals surface area contributed by atoms with E-state index in [1.54, 1.807) is 0 Å². The number of hydrogen-bond donors (Lipinski definition) is 0. The lowest BCUT2D eigenvalue weighted by molar-refractivity contribution is 0.141. The first-order valence-electron chi connectivity index (χ1n) is 4.17. The van der Waals surface area contributed by atoms with Crippen LogP contribution in [-0.4, -0.2) is 30.8 Å². The van der Waals surface area contributed by atoms with Crippen LogP contribution in [-0.2, 0) is 13.6 Å². The molecule has 0 unspecified atom stereocenters. The third-order valence-corrected chi connectivity index (χ3v) is 3.93. The summed E-state index contributed by atoms with van der Waals surface area (Å²) in [5.74, 6) is 2.16. The first-order chi connectivity index (χ1) is 5.86. The number of rotatable bonds is 6. The smallest absolute Gasteiger partial charge is 0.313 e. The summed E-state index contributed by atoms with van der Waals surface area (Å²) in [6.07, 6.45) is 0.360. The molecule has 0 N–H and O–H groups in total. The molecule has 0 radical (unpaired) electrons. The van der Waals surface area contributed by atoms with E-state index in [0.29, 0.717) is 19.3 Å². The molecule has 3 nitrogen and oxygen atoms in total. The second-order valence-corrected chi connectivity index (χ2v) is 4.57. The molecule has 1 rings (SSSR count). The minimum absolute atomic E-state index is 0.360. The SMILES string of the molecule is CCOP(OCC)OC1CSC1. The molecule has 0 aromatic carbocycles. The fraction of sp³-hybridized carbons (Fsp3) is 1.00. The molecule has 1 aliphatic rings. The summed E-state index contributed by atoms with van der Waals surface area (Å²) in [5.41, 5.74) is 0. The van der Waals surface area contributed by atoms with Crippen molar-refractivity contribution >= 4 is 20.4 Å². The third-order valence-electron chi connectivity index (χ3n) is 1.31. The molecule has 1 heterocycles. The van der Waals surface area contributed by atoms with E-state index in [9.17, 15) is 0 Å². The maximum atomic E-state index is 5.57. The Morgan fingerprint density at radius 1 is 1.25 bits per heavy atom. The maximum Gasteiger partial charge on any atom is 0.332 e. The molecule has 0 amide bonds. The first kappa shape index (κ1) is 10.7. The highest BCUT2D eigenvalue weighted by Gasteiger charge is 2.24. The molecular formula is C7H15O3PS. The van der Waals surface area contributed by atoms with Gasteiger partial charge in [0, 0.05) is 11.5 Å². The summed E-state index contributed by atoms with van der Waals surface area (Å²) in [4.78, 5) is 0. The third kappa shape index (κ3) is 3.58. The van der Waals surface area contributed by atoms with Gasteiger partial charge in [0.15, 0.2) is 0 Å². The zero-order valence-corrected chi connectivity index (χ0v) is 9.20. The monoisotopic (exact) mass is 210 g/mol. The van der Waals surface area contributed by atoms with Crippen LogP contribution in [0.1, 0.15) is 13.8 Å². The van der Waals surface area contributed by atoms with E-state index in [4.69, 9.17) is 13.6 Å². The molecule has 0 aromatic heterocycles. The first-order valence-corrected chi connectivity index (χ1v) is 6.42. The Kier molecular flexibility index (Phi) is 5.52. The predicted octanol–water partition coefficient (Wildman–Crippen LogP) is 2.42. The standard InChI is InChI=1S/C7H15O3PS/c1-3-8-11(9-4-2)10-7-5-12-6-7/h7H,3-6H2,1-2H3. The number of thioether (sulfide) groups is 1. The molecule has 5 heteroatoms. The molecule has 0 atom stereocenters. The minimum atomic E-state index is -1.07. The summed E-state index contributed by atoms with van der Waals surface area (Å²) in [7, 11) is -1.07. The average Bonchev–Trinajstić information content (AvgIpc) is 1.97. The van der Waals surface area contributed by atoms with Crippen LogP contribution in [0, 0.1) is 0 Å². The van der Waals surface area contributed by atoms with Crippen LogP contribution in [0.4, 0.5) is 0 Å². The quantitative estimate of drug-likeness (QED) is 0.629. The average molecular weight is 210 g/mol. The van der Waals surface area contributed by atoms with Gasteiger partial charge in [-0.15, -0.1) is 0 Å². The van der Waals surface area contributed by atoms with Crippen LogP contribution in [0.3, 0.4) is 0 Å². The van der Waals surface area contributed by atoms with Crippen molar-refractivity contribution in [2.45, 2.75) is 20.0 Å². The van der Waals surface area contributed by atoms with E-state index < -0.39 is 8.60 Å². The molecule has 0 aromatic rings. The van der Waals surface area contributed by atoms with Gasteiger partial charge in [0.1, 0.15) is 0 Å². The molecular weight excluding hydrogens is 195 g/mol. The van der Waals surface area contributed by atoms with Crippen molar-refractivity contribution < 1.29 is 13.6 Å². The van der Waals surface area contributed by atoms with E-state index in [1.807, 2.05) is 25.6 Å². The largest absolute Gasteiger partial charge is 0.332 e. The Labute approximate surface area is 79.1 Å². The highest BCUT2D eigenvalue weighted by atomic mass is 32.2.